The number of sulfonamides is 1. The Morgan fingerprint density at radius 3 is 2.60 bits per heavy atom. The van der Waals surface area contributed by atoms with Crippen LogP contribution in [0.1, 0.15) is 6.92 Å². The largest absolute Gasteiger partial charge is 0.241 e. The highest BCUT2D eigenvalue weighted by atomic mass is 79.9. The number of rotatable bonds is 4. The SMILES string of the molecule is CC(CCl)NS(=O)(=O)c1ccccc1Br. The Balaban J connectivity index is 3.02. The van der Waals surface area contributed by atoms with Crippen molar-refractivity contribution in [1.82, 2.24) is 4.72 Å². The van der Waals surface area contributed by atoms with E-state index < -0.39 is 10.0 Å². The highest BCUT2D eigenvalue weighted by Crippen LogP contribution is 2.21. The standard InChI is InChI=1S/C9H11BrClNO2S/c1-7(6-11)12-15(13,14)9-5-3-2-4-8(9)10/h2-5,7,12H,6H2,1H3. The van der Waals surface area contributed by atoms with E-state index in [4.69, 9.17) is 11.6 Å². The zero-order valence-corrected chi connectivity index (χ0v) is 11.2. The van der Waals surface area contributed by atoms with Gasteiger partial charge in [-0.3, -0.25) is 0 Å². The van der Waals surface area contributed by atoms with Crippen LogP contribution in [0.2, 0.25) is 0 Å². The molecule has 6 heteroatoms. The minimum atomic E-state index is -3.48. The Bertz CT molecular complexity index is 435. The molecule has 1 aromatic rings. The van der Waals surface area contributed by atoms with Gasteiger partial charge in [-0.2, -0.15) is 0 Å². The van der Waals surface area contributed by atoms with Gasteiger partial charge < -0.3 is 0 Å². The molecule has 0 aliphatic carbocycles. The van der Waals surface area contributed by atoms with Gasteiger partial charge in [0, 0.05) is 16.4 Å². The molecule has 1 N–H and O–H groups in total. The van der Waals surface area contributed by atoms with E-state index in [9.17, 15) is 8.42 Å². The summed E-state index contributed by atoms with van der Waals surface area (Å²) in [6.45, 7) is 1.71. The molecular formula is C9H11BrClNO2S. The van der Waals surface area contributed by atoms with Gasteiger partial charge in [0.1, 0.15) is 0 Å². The van der Waals surface area contributed by atoms with E-state index in [1.807, 2.05) is 0 Å². The second-order valence-corrected chi connectivity index (χ2v) is 5.95. The van der Waals surface area contributed by atoms with Gasteiger partial charge in [0.15, 0.2) is 0 Å². The summed E-state index contributed by atoms with van der Waals surface area (Å²) in [5.41, 5.74) is 0. The van der Waals surface area contributed by atoms with Gasteiger partial charge in [0.25, 0.3) is 0 Å². The monoisotopic (exact) mass is 311 g/mol. The molecule has 0 bridgehead atoms. The summed E-state index contributed by atoms with van der Waals surface area (Å²) >= 11 is 8.74. The third kappa shape index (κ3) is 3.45. The predicted molar refractivity (Wildman–Crippen MR) is 64.6 cm³/mol. The second kappa shape index (κ2) is 5.30. The van der Waals surface area contributed by atoms with Crippen LogP contribution >= 0.6 is 27.5 Å². The van der Waals surface area contributed by atoms with Crippen LogP contribution < -0.4 is 4.72 Å². The molecule has 1 atom stereocenters. The molecule has 0 saturated carbocycles. The van der Waals surface area contributed by atoms with E-state index >= 15 is 0 Å². The molecule has 0 saturated heterocycles. The summed E-state index contributed by atoms with van der Waals surface area (Å²) in [4.78, 5) is 0.224. The highest BCUT2D eigenvalue weighted by Gasteiger charge is 2.18. The van der Waals surface area contributed by atoms with E-state index in [-0.39, 0.29) is 16.8 Å². The Labute approximate surface area is 103 Å². The maximum Gasteiger partial charge on any atom is 0.241 e. The van der Waals surface area contributed by atoms with Crippen LogP contribution in [0.4, 0.5) is 0 Å². The first-order chi connectivity index (χ1) is 6.97. The molecule has 0 fully saturated rings. The fourth-order valence-electron chi connectivity index (χ4n) is 1.02. The lowest BCUT2D eigenvalue weighted by atomic mass is 10.4. The molecule has 0 heterocycles. The van der Waals surface area contributed by atoms with Crippen molar-refractivity contribution in [2.45, 2.75) is 17.9 Å². The molecule has 0 aromatic heterocycles. The summed E-state index contributed by atoms with van der Waals surface area (Å²) < 4.78 is 26.7. The minimum Gasteiger partial charge on any atom is -0.207 e. The first-order valence-corrected chi connectivity index (χ1v) is 7.11. The average molecular weight is 313 g/mol. The average Bonchev–Trinajstić information content (AvgIpc) is 2.17. The van der Waals surface area contributed by atoms with Crippen LogP contribution in [0.5, 0.6) is 0 Å². The zero-order valence-electron chi connectivity index (χ0n) is 8.07. The number of alkyl halides is 1. The molecular weight excluding hydrogens is 302 g/mol. The Morgan fingerprint density at radius 2 is 2.07 bits per heavy atom. The predicted octanol–water partition coefficient (Wildman–Crippen LogP) is 2.35. The molecule has 1 aromatic carbocycles. The number of hydrogen-bond donors (Lipinski definition) is 1. The Morgan fingerprint density at radius 1 is 1.47 bits per heavy atom. The van der Waals surface area contributed by atoms with Crippen LogP contribution in [-0.4, -0.2) is 20.3 Å². The number of nitrogens with one attached hydrogen (secondary N) is 1. The minimum absolute atomic E-state index is 0.224. The highest BCUT2D eigenvalue weighted by molar-refractivity contribution is 9.10. The van der Waals surface area contributed by atoms with E-state index in [2.05, 4.69) is 20.7 Å². The summed E-state index contributed by atoms with van der Waals surface area (Å²) in [7, 11) is -3.48. The van der Waals surface area contributed by atoms with E-state index in [0.29, 0.717) is 4.47 Å². The second-order valence-electron chi connectivity index (χ2n) is 3.11. The lowest BCUT2D eigenvalue weighted by molar-refractivity contribution is 0.570. The third-order valence-electron chi connectivity index (χ3n) is 1.71. The fraction of sp³-hybridized carbons (Fsp3) is 0.333. The van der Waals surface area contributed by atoms with Crippen LogP contribution in [0.15, 0.2) is 33.6 Å². The van der Waals surface area contributed by atoms with Gasteiger partial charge in [0.2, 0.25) is 10.0 Å². The van der Waals surface area contributed by atoms with E-state index in [1.54, 1.807) is 25.1 Å². The molecule has 0 aliphatic heterocycles. The quantitative estimate of drug-likeness (QED) is 0.868. The van der Waals surface area contributed by atoms with Crippen LogP contribution in [0, 0.1) is 0 Å². The summed E-state index contributed by atoms with van der Waals surface area (Å²) in [5, 5.41) is 0. The molecule has 1 unspecified atom stereocenters. The summed E-state index contributed by atoms with van der Waals surface area (Å²) in [6.07, 6.45) is 0. The summed E-state index contributed by atoms with van der Waals surface area (Å²) in [5.74, 6) is 0.240. The number of halogens is 2. The van der Waals surface area contributed by atoms with Gasteiger partial charge in [0.05, 0.1) is 4.90 Å². The Kier molecular flexibility index (Phi) is 4.58. The fourth-order valence-corrected chi connectivity index (χ4v) is 3.44. The lowest BCUT2D eigenvalue weighted by Gasteiger charge is -2.12. The van der Waals surface area contributed by atoms with Crippen LogP contribution in [-0.2, 0) is 10.0 Å². The van der Waals surface area contributed by atoms with Crippen molar-refractivity contribution < 1.29 is 8.42 Å². The van der Waals surface area contributed by atoms with Crippen molar-refractivity contribution in [3.8, 4) is 0 Å². The molecule has 15 heavy (non-hydrogen) atoms. The first kappa shape index (κ1) is 13.0. The maximum absolute atomic E-state index is 11.8. The zero-order chi connectivity index (χ0) is 11.5. The van der Waals surface area contributed by atoms with Crippen molar-refractivity contribution in [2.24, 2.45) is 0 Å². The third-order valence-corrected chi connectivity index (χ3v) is 4.78. The molecule has 0 amide bonds. The first-order valence-electron chi connectivity index (χ1n) is 4.30. The number of hydrogen-bond acceptors (Lipinski definition) is 2. The topological polar surface area (TPSA) is 46.2 Å². The van der Waals surface area contributed by atoms with Crippen LogP contribution in [0.25, 0.3) is 0 Å². The van der Waals surface area contributed by atoms with Crippen molar-refractivity contribution >= 4 is 37.6 Å². The Hall–Kier alpha value is -0.100. The molecule has 1 rings (SSSR count). The molecule has 0 spiro atoms. The van der Waals surface area contributed by atoms with Gasteiger partial charge in [-0.1, -0.05) is 12.1 Å². The van der Waals surface area contributed by atoms with Crippen molar-refractivity contribution in [1.29, 1.82) is 0 Å². The summed E-state index contributed by atoms with van der Waals surface area (Å²) in [6, 6.07) is 6.36. The molecule has 3 nitrogen and oxygen atoms in total. The lowest BCUT2D eigenvalue weighted by Crippen LogP contribution is -2.33. The van der Waals surface area contributed by atoms with Gasteiger partial charge >= 0.3 is 0 Å². The molecule has 0 aliphatic rings. The van der Waals surface area contributed by atoms with E-state index in [0.717, 1.165) is 0 Å². The van der Waals surface area contributed by atoms with Crippen molar-refractivity contribution in [3.63, 3.8) is 0 Å². The maximum atomic E-state index is 11.8. The van der Waals surface area contributed by atoms with E-state index in [1.165, 1.54) is 6.07 Å². The van der Waals surface area contributed by atoms with Gasteiger partial charge in [-0.05, 0) is 35.0 Å². The smallest absolute Gasteiger partial charge is 0.207 e. The normalized spacial score (nSPS) is 13.8. The van der Waals surface area contributed by atoms with Crippen molar-refractivity contribution in [2.75, 3.05) is 5.88 Å². The molecule has 0 radical (unpaired) electrons. The molecule has 84 valence electrons. The van der Waals surface area contributed by atoms with Crippen LogP contribution in [0.3, 0.4) is 0 Å². The number of benzene rings is 1. The van der Waals surface area contributed by atoms with Gasteiger partial charge in [-0.25, -0.2) is 13.1 Å². The van der Waals surface area contributed by atoms with Gasteiger partial charge in [-0.15, -0.1) is 11.6 Å². The van der Waals surface area contributed by atoms with Crippen molar-refractivity contribution in [3.05, 3.63) is 28.7 Å².